The Labute approximate surface area is 153 Å². The zero-order valence-electron chi connectivity index (χ0n) is 14.9. The molecule has 0 saturated heterocycles. The molecule has 1 aliphatic rings. The maximum atomic E-state index is 13.2. The van der Waals surface area contributed by atoms with E-state index in [9.17, 15) is 9.18 Å². The van der Waals surface area contributed by atoms with Gasteiger partial charge in [-0.25, -0.2) is 4.39 Å². The van der Waals surface area contributed by atoms with Gasteiger partial charge in [0.15, 0.2) is 0 Å². The fourth-order valence-corrected chi connectivity index (χ4v) is 3.03. The van der Waals surface area contributed by atoms with Gasteiger partial charge in [0.05, 0.1) is 7.11 Å². The number of nitrogens with zero attached hydrogens (tertiary/aromatic N) is 1. The van der Waals surface area contributed by atoms with Crippen LogP contribution in [0, 0.1) is 5.82 Å². The second-order valence-corrected chi connectivity index (χ2v) is 6.38. The summed E-state index contributed by atoms with van der Waals surface area (Å²) in [6.45, 7) is 2.73. The van der Waals surface area contributed by atoms with Crippen molar-refractivity contribution in [2.24, 2.45) is 0 Å². The minimum atomic E-state index is -0.290. The van der Waals surface area contributed by atoms with Crippen molar-refractivity contribution in [1.29, 1.82) is 0 Å². The van der Waals surface area contributed by atoms with E-state index in [1.165, 1.54) is 17.7 Å². The summed E-state index contributed by atoms with van der Waals surface area (Å²) >= 11 is 0. The second-order valence-electron chi connectivity index (χ2n) is 6.38. The van der Waals surface area contributed by atoms with Gasteiger partial charge in [-0.1, -0.05) is 30.3 Å². The van der Waals surface area contributed by atoms with E-state index in [0.717, 1.165) is 36.5 Å². The van der Waals surface area contributed by atoms with Crippen molar-refractivity contribution >= 4 is 5.91 Å². The topological polar surface area (TPSA) is 41.6 Å². The van der Waals surface area contributed by atoms with Crippen molar-refractivity contribution in [3.05, 3.63) is 77.1 Å². The Hall–Kier alpha value is -2.66. The zero-order chi connectivity index (χ0) is 18.4. The van der Waals surface area contributed by atoms with Crippen LogP contribution in [0.25, 0.3) is 0 Å². The molecular formula is C21H23FN2O2. The number of amides is 1. The standard InChI is InChI=1S/C21H23FN2O2/c1-26-20-7-3-5-17(13-20)15-24-10-8-18(9-11-24)21(25)23-14-16-4-2-6-19(22)12-16/h2-8,12-13H,9-11,14-15H2,1H3,(H,23,25). The van der Waals surface area contributed by atoms with Gasteiger partial charge >= 0.3 is 0 Å². The average Bonchev–Trinajstić information content (AvgIpc) is 2.67. The normalized spacial score (nSPS) is 14.6. The molecule has 136 valence electrons. The molecule has 0 saturated carbocycles. The molecule has 0 bridgehead atoms. The molecule has 3 rings (SSSR count). The summed E-state index contributed by atoms with van der Waals surface area (Å²) in [6, 6.07) is 14.3. The molecule has 1 aliphatic heterocycles. The van der Waals surface area contributed by atoms with Crippen LogP contribution < -0.4 is 10.1 Å². The summed E-state index contributed by atoms with van der Waals surface area (Å²) in [5.41, 5.74) is 2.74. The molecule has 2 aromatic carbocycles. The van der Waals surface area contributed by atoms with E-state index >= 15 is 0 Å². The van der Waals surface area contributed by atoms with Crippen molar-refractivity contribution in [2.45, 2.75) is 19.5 Å². The fraction of sp³-hybridized carbons (Fsp3) is 0.286. The number of hydrogen-bond donors (Lipinski definition) is 1. The minimum Gasteiger partial charge on any atom is -0.497 e. The zero-order valence-corrected chi connectivity index (χ0v) is 14.9. The van der Waals surface area contributed by atoms with Gasteiger partial charge < -0.3 is 10.1 Å². The molecule has 0 aliphatic carbocycles. The Morgan fingerprint density at radius 1 is 1.19 bits per heavy atom. The predicted molar refractivity (Wildman–Crippen MR) is 99.2 cm³/mol. The third kappa shape index (κ3) is 4.92. The Bertz CT molecular complexity index is 804. The van der Waals surface area contributed by atoms with Crippen molar-refractivity contribution in [1.82, 2.24) is 10.2 Å². The van der Waals surface area contributed by atoms with Gasteiger partial charge in [0.25, 0.3) is 0 Å². The minimum absolute atomic E-state index is 0.0738. The molecular weight excluding hydrogens is 331 g/mol. The van der Waals surface area contributed by atoms with E-state index in [4.69, 9.17) is 4.74 Å². The van der Waals surface area contributed by atoms with E-state index in [-0.39, 0.29) is 11.7 Å². The number of halogens is 1. The van der Waals surface area contributed by atoms with Crippen molar-refractivity contribution in [2.75, 3.05) is 20.2 Å². The predicted octanol–water partition coefficient (Wildman–Crippen LogP) is 3.28. The van der Waals surface area contributed by atoms with Crippen LogP contribution in [-0.2, 0) is 17.9 Å². The maximum Gasteiger partial charge on any atom is 0.247 e. The molecule has 4 nitrogen and oxygen atoms in total. The van der Waals surface area contributed by atoms with Crippen LogP contribution in [0.3, 0.4) is 0 Å². The first-order chi connectivity index (χ1) is 12.6. The lowest BCUT2D eigenvalue weighted by atomic mass is 10.1. The summed E-state index contributed by atoms with van der Waals surface area (Å²) in [7, 11) is 1.66. The van der Waals surface area contributed by atoms with Gasteiger partial charge in [-0.15, -0.1) is 0 Å². The Morgan fingerprint density at radius 3 is 2.73 bits per heavy atom. The molecule has 5 heteroatoms. The van der Waals surface area contributed by atoms with Crippen LogP contribution in [0.5, 0.6) is 5.75 Å². The third-order valence-electron chi connectivity index (χ3n) is 4.47. The molecule has 1 heterocycles. The van der Waals surface area contributed by atoms with Crippen molar-refractivity contribution < 1.29 is 13.9 Å². The van der Waals surface area contributed by atoms with E-state index in [2.05, 4.69) is 16.3 Å². The average molecular weight is 354 g/mol. The summed E-state index contributed by atoms with van der Waals surface area (Å²) in [6.07, 6.45) is 2.68. The summed E-state index contributed by atoms with van der Waals surface area (Å²) < 4.78 is 18.4. The number of nitrogens with one attached hydrogen (secondary N) is 1. The monoisotopic (exact) mass is 354 g/mol. The smallest absolute Gasteiger partial charge is 0.247 e. The first-order valence-electron chi connectivity index (χ1n) is 8.71. The molecule has 2 aromatic rings. The number of hydrogen-bond acceptors (Lipinski definition) is 3. The van der Waals surface area contributed by atoms with Gasteiger partial charge in [-0.2, -0.15) is 0 Å². The van der Waals surface area contributed by atoms with Crippen LogP contribution in [0.2, 0.25) is 0 Å². The highest BCUT2D eigenvalue weighted by molar-refractivity contribution is 5.93. The highest BCUT2D eigenvalue weighted by Gasteiger charge is 2.17. The van der Waals surface area contributed by atoms with Gasteiger partial charge in [0.1, 0.15) is 11.6 Å². The van der Waals surface area contributed by atoms with Crippen LogP contribution in [0.15, 0.2) is 60.2 Å². The first-order valence-corrected chi connectivity index (χ1v) is 8.71. The molecule has 1 amide bonds. The summed E-state index contributed by atoms with van der Waals surface area (Å²) in [5.74, 6) is 0.490. The Balaban J connectivity index is 1.51. The second kappa shape index (κ2) is 8.63. The van der Waals surface area contributed by atoms with E-state index in [1.54, 1.807) is 19.2 Å². The number of benzene rings is 2. The van der Waals surface area contributed by atoms with Crippen LogP contribution >= 0.6 is 0 Å². The number of methoxy groups -OCH3 is 1. The number of rotatable bonds is 6. The largest absolute Gasteiger partial charge is 0.497 e. The van der Waals surface area contributed by atoms with Gasteiger partial charge in [-0.05, 0) is 41.8 Å². The van der Waals surface area contributed by atoms with E-state index < -0.39 is 0 Å². The van der Waals surface area contributed by atoms with Gasteiger partial charge in [0.2, 0.25) is 5.91 Å². The van der Waals surface area contributed by atoms with E-state index in [0.29, 0.717) is 13.0 Å². The molecule has 0 spiro atoms. The number of ether oxygens (including phenoxy) is 1. The van der Waals surface area contributed by atoms with Gasteiger partial charge in [0, 0.05) is 31.8 Å². The lowest BCUT2D eigenvalue weighted by Crippen LogP contribution is -2.33. The van der Waals surface area contributed by atoms with Crippen LogP contribution in [0.1, 0.15) is 17.5 Å². The highest BCUT2D eigenvalue weighted by Crippen LogP contribution is 2.17. The van der Waals surface area contributed by atoms with Crippen LogP contribution in [0.4, 0.5) is 4.39 Å². The molecule has 0 unspecified atom stereocenters. The maximum absolute atomic E-state index is 13.2. The first kappa shape index (κ1) is 18.1. The molecule has 0 atom stereocenters. The van der Waals surface area contributed by atoms with Crippen molar-refractivity contribution in [3.8, 4) is 5.75 Å². The Morgan fingerprint density at radius 2 is 2.00 bits per heavy atom. The lowest BCUT2D eigenvalue weighted by Gasteiger charge is -2.26. The number of carbonyl (C=O) groups is 1. The fourth-order valence-electron chi connectivity index (χ4n) is 3.03. The SMILES string of the molecule is COc1cccc(CN2CC=C(C(=O)NCc3cccc(F)c3)CC2)c1. The molecule has 0 fully saturated rings. The number of carbonyl (C=O) groups excluding carboxylic acids is 1. The van der Waals surface area contributed by atoms with E-state index in [1.807, 2.05) is 24.3 Å². The lowest BCUT2D eigenvalue weighted by molar-refractivity contribution is -0.117. The van der Waals surface area contributed by atoms with Gasteiger partial charge in [-0.3, -0.25) is 9.69 Å². The Kier molecular flexibility index (Phi) is 6.02. The highest BCUT2D eigenvalue weighted by atomic mass is 19.1. The molecule has 1 N–H and O–H groups in total. The molecule has 26 heavy (non-hydrogen) atoms. The van der Waals surface area contributed by atoms with Crippen molar-refractivity contribution in [3.63, 3.8) is 0 Å². The molecule has 0 aromatic heterocycles. The summed E-state index contributed by atoms with van der Waals surface area (Å²) in [5, 5.41) is 2.87. The quantitative estimate of drug-likeness (QED) is 0.866. The summed E-state index contributed by atoms with van der Waals surface area (Å²) in [4.78, 5) is 14.6. The third-order valence-corrected chi connectivity index (χ3v) is 4.47. The molecule has 0 radical (unpaired) electrons. The van der Waals surface area contributed by atoms with Crippen LogP contribution in [-0.4, -0.2) is 31.0 Å².